The number of anilines is 1. The lowest BCUT2D eigenvalue weighted by molar-refractivity contribution is -0.118. The van der Waals surface area contributed by atoms with Gasteiger partial charge in [0.05, 0.1) is 12.8 Å². The Bertz CT molecular complexity index is 581. The number of ether oxygens (including phenoxy) is 1. The molecule has 1 amide bonds. The van der Waals surface area contributed by atoms with Crippen molar-refractivity contribution in [1.82, 2.24) is 0 Å². The first-order chi connectivity index (χ1) is 9.47. The number of carbonyl (C=O) groups excluding carboxylic acids is 1. The molecule has 1 aliphatic carbocycles. The molecule has 0 bridgehead atoms. The predicted octanol–water partition coefficient (Wildman–Crippen LogP) is 2.02. The van der Waals surface area contributed by atoms with Crippen molar-refractivity contribution >= 4 is 11.6 Å². The summed E-state index contributed by atoms with van der Waals surface area (Å²) in [5, 5.41) is 11.6. The number of hydrogen-bond donors (Lipinski definition) is 2. The molecule has 1 aromatic carbocycles. The van der Waals surface area contributed by atoms with E-state index in [1.807, 2.05) is 0 Å². The fourth-order valence-corrected chi connectivity index (χ4v) is 2.16. The van der Waals surface area contributed by atoms with E-state index in [1.165, 1.54) is 0 Å². The highest BCUT2D eigenvalue weighted by Crippen LogP contribution is 2.52. The number of amides is 1. The Morgan fingerprint density at radius 3 is 2.80 bits per heavy atom. The second-order valence-corrected chi connectivity index (χ2v) is 5.61. The normalized spacial score (nSPS) is 18.7. The highest BCUT2D eigenvalue weighted by molar-refractivity contribution is 5.96. The van der Waals surface area contributed by atoms with E-state index in [0.717, 1.165) is 12.0 Å². The summed E-state index contributed by atoms with van der Waals surface area (Å²) < 4.78 is 5.25. The first-order valence-corrected chi connectivity index (χ1v) is 6.56. The Kier molecular flexibility index (Phi) is 4.01. The lowest BCUT2D eigenvalue weighted by Crippen LogP contribution is -2.17. The average molecular weight is 273 g/mol. The quantitative estimate of drug-likeness (QED) is 0.828. The van der Waals surface area contributed by atoms with Crippen LogP contribution in [0, 0.1) is 23.2 Å². The summed E-state index contributed by atoms with van der Waals surface area (Å²) >= 11 is 0. The molecule has 1 fully saturated rings. The van der Waals surface area contributed by atoms with Crippen molar-refractivity contribution in [1.29, 1.82) is 0 Å². The molecule has 1 aromatic rings. The van der Waals surface area contributed by atoms with Crippen LogP contribution in [0.15, 0.2) is 18.2 Å². The van der Waals surface area contributed by atoms with E-state index in [1.54, 1.807) is 25.3 Å². The van der Waals surface area contributed by atoms with Crippen LogP contribution in [0.25, 0.3) is 0 Å². The Morgan fingerprint density at radius 1 is 1.55 bits per heavy atom. The van der Waals surface area contributed by atoms with Gasteiger partial charge in [-0.25, -0.2) is 0 Å². The smallest absolute Gasteiger partial charge is 0.228 e. The molecule has 1 unspecified atom stereocenters. The van der Waals surface area contributed by atoms with Gasteiger partial charge >= 0.3 is 0 Å². The standard InChI is InChI=1S/C16H19NO3/c1-16(2)10-12(16)15(19)17-13-9-11(5-4-8-18)6-7-14(13)20-3/h6-7,9,12,18H,8,10H2,1-3H3,(H,17,19). The van der Waals surface area contributed by atoms with Crippen molar-refractivity contribution in [2.45, 2.75) is 20.3 Å². The number of hydrogen-bond acceptors (Lipinski definition) is 3. The summed E-state index contributed by atoms with van der Waals surface area (Å²) in [7, 11) is 1.56. The summed E-state index contributed by atoms with van der Waals surface area (Å²) in [5.41, 5.74) is 1.43. The van der Waals surface area contributed by atoms with Crippen molar-refractivity contribution in [2.75, 3.05) is 19.0 Å². The molecule has 0 aromatic heterocycles. The van der Waals surface area contributed by atoms with Gasteiger partial charge in [0.15, 0.2) is 0 Å². The first kappa shape index (κ1) is 14.4. The number of aliphatic hydroxyl groups is 1. The van der Waals surface area contributed by atoms with E-state index in [-0.39, 0.29) is 23.8 Å². The molecule has 0 saturated heterocycles. The zero-order chi connectivity index (χ0) is 14.8. The van der Waals surface area contributed by atoms with Gasteiger partial charge in [-0.3, -0.25) is 4.79 Å². The number of nitrogens with one attached hydrogen (secondary N) is 1. The summed E-state index contributed by atoms with van der Waals surface area (Å²) in [6.07, 6.45) is 0.908. The zero-order valence-corrected chi connectivity index (χ0v) is 12.0. The Morgan fingerprint density at radius 2 is 2.25 bits per heavy atom. The number of methoxy groups -OCH3 is 1. The molecular formula is C16H19NO3. The maximum absolute atomic E-state index is 12.1. The summed E-state index contributed by atoms with van der Waals surface area (Å²) in [6.45, 7) is 3.97. The van der Waals surface area contributed by atoms with Crippen LogP contribution in [-0.2, 0) is 4.79 Å². The van der Waals surface area contributed by atoms with Crippen LogP contribution in [0.2, 0.25) is 0 Å². The molecule has 0 radical (unpaired) electrons. The number of benzene rings is 1. The van der Waals surface area contributed by atoms with Gasteiger partial charge in [-0.15, -0.1) is 0 Å². The van der Waals surface area contributed by atoms with E-state index in [2.05, 4.69) is 31.0 Å². The van der Waals surface area contributed by atoms with Crippen LogP contribution >= 0.6 is 0 Å². The van der Waals surface area contributed by atoms with Crippen LogP contribution in [-0.4, -0.2) is 24.7 Å². The lowest BCUT2D eigenvalue weighted by Gasteiger charge is -2.11. The number of carbonyl (C=O) groups is 1. The number of rotatable bonds is 3. The summed E-state index contributed by atoms with van der Waals surface area (Å²) in [6, 6.07) is 5.31. The van der Waals surface area contributed by atoms with Gasteiger partial charge in [0.25, 0.3) is 0 Å². The number of aliphatic hydroxyl groups excluding tert-OH is 1. The van der Waals surface area contributed by atoms with Crippen LogP contribution in [0.5, 0.6) is 5.75 Å². The monoisotopic (exact) mass is 273 g/mol. The van der Waals surface area contributed by atoms with Crippen molar-refractivity contribution in [2.24, 2.45) is 11.3 Å². The molecule has 1 atom stereocenters. The van der Waals surface area contributed by atoms with Gasteiger partial charge in [0.2, 0.25) is 5.91 Å². The van der Waals surface area contributed by atoms with E-state index in [0.29, 0.717) is 11.4 Å². The van der Waals surface area contributed by atoms with Crippen LogP contribution in [0.4, 0.5) is 5.69 Å². The van der Waals surface area contributed by atoms with E-state index < -0.39 is 0 Å². The minimum absolute atomic E-state index is 0.0144. The third kappa shape index (κ3) is 3.12. The third-order valence-corrected chi connectivity index (χ3v) is 3.60. The van der Waals surface area contributed by atoms with E-state index in [4.69, 9.17) is 9.84 Å². The van der Waals surface area contributed by atoms with Gasteiger partial charge in [0, 0.05) is 11.5 Å². The first-order valence-electron chi connectivity index (χ1n) is 6.56. The molecule has 20 heavy (non-hydrogen) atoms. The molecular weight excluding hydrogens is 254 g/mol. The fourth-order valence-electron chi connectivity index (χ4n) is 2.16. The molecule has 106 valence electrons. The molecule has 1 aliphatic rings. The highest BCUT2D eigenvalue weighted by Gasteiger charge is 2.50. The van der Waals surface area contributed by atoms with Gasteiger partial charge in [0.1, 0.15) is 12.4 Å². The highest BCUT2D eigenvalue weighted by atomic mass is 16.5. The Labute approximate surface area is 119 Å². The molecule has 4 nitrogen and oxygen atoms in total. The Balaban J connectivity index is 2.18. The maximum atomic E-state index is 12.1. The van der Waals surface area contributed by atoms with Crippen LogP contribution in [0.3, 0.4) is 0 Å². The Hall–Kier alpha value is -1.99. The molecule has 0 aliphatic heterocycles. The second-order valence-electron chi connectivity index (χ2n) is 5.61. The van der Waals surface area contributed by atoms with Crippen molar-refractivity contribution in [3.05, 3.63) is 23.8 Å². The largest absolute Gasteiger partial charge is 0.495 e. The minimum atomic E-state index is -0.190. The van der Waals surface area contributed by atoms with Gasteiger partial charge in [-0.2, -0.15) is 0 Å². The second kappa shape index (κ2) is 5.56. The van der Waals surface area contributed by atoms with Crippen LogP contribution < -0.4 is 10.1 Å². The van der Waals surface area contributed by atoms with Crippen molar-refractivity contribution in [3.63, 3.8) is 0 Å². The SMILES string of the molecule is COc1ccc(C#CCO)cc1NC(=O)C1CC1(C)C. The zero-order valence-electron chi connectivity index (χ0n) is 12.0. The van der Waals surface area contributed by atoms with Gasteiger partial charge < -0.3 is 15.2 Å². The fraction of sp³-hybridized carbons (Fsp3) is 0.438. The molecule has 2 N–H and O–H groups in total. The molecule has 4 heteroatoms. The summed E-state index contributed by atoms with van der Waals surface area (Å²) in [4.78, 5) is 12.1. The maximum Gasteiger partial charge on any atom is 0.228 e. The average Bonchev–Trinajstić information content (AvgIpc) is 3.06. The topological polar surface area (TPSA) is 58.6 Å². The van der Waals surface area contributed by atoms with Crippen LogP contribution in [0.1, 0.15) is 25.8 Å². The third-order valence-electron chi connectivity index (χ3n) is 3.60. The van der Waals surface area contributed by atoms with Gasteiger partial charge in [-0.1, -0.05) is 25.7 Å². The van der Waals surface area contributed by atoms with Crippen molar-refractivity contribution < 1.29 is 14.6 Å². The lowest BCUT2D eigenvalue weighted by atomic mass is 10.1. The van der Waals surface area contributed by atoms with E-state index >= 15 is 0 Å². The minimum Gasteiger partial charge on any atom is -0.495 e. The predicted molar refractivity (Wildman–Crippen MR) is 77.5 cm³/mol. The van der Waals surface area contributed by atoms with E-state index in [9.17, 15) is 4.79 Å². The molecule has 2 rings (SSSR count). The molecule has 0 spiro atoms. The molecule has 1 saturated carbocycles. The van der Waals surface area contributed by atoms with Crippen molar-refractivity contribution in [3.8, 4) is 17.6 Å². The molecule has 0 heterocycles. The van der Waals surface area contributed by atoms with Gasteiger partial charge in [-0.05, 0) is 30.0 Å². The summed E-state index contributed by atoms with van der Waals surface area (Å²) in [5.74, 6) is 6.07.